The normalized spacial score (nSPS) is 16.9. The molecule has 0 amide bonds. The Hall–Kier alpha value is -3.32. The van der Waals surface area contributed by atoms with Gasteiger partial charge in [-0.25, -0.2) is 4.68 Å². The number of hydrogen-bond acceptors (Lipinski definition) is 5. The molecule has 3 heterocycles. The van der Waals surface area contributed by atoms with Gasteiger partial charge in [-0.3, -0.25) is 5.01 Å². The summed E-state index contributed by atoms with van der Waals surface area (Å²) in [6.07, 6.45) is 3.96. The summed E-state index contributed by atoms with van der Waals surface area (Å²) in [5.41, 5.74) is 3.85. The van der Waals surface area contributed by atoms with E-state index in [-0.39, 0.29) is 0 Å². The van der Waals surface area contributed by atoms with Gasteiger partial charge in [0.2, 0.25) is 0 Å². The van der Waals surface area contributed by atoms with Crippen molar-refractivity contribution >= 4 is 6.21 Å². The molecular weight excluding hydrogens is 378 g/mol. The third-order valence-electron chi connectivity index (χ3n) is 5.53. The highest BCUT2D eigenvalue weighted by Crippen LogP contribution is 2.35. The van der Waals surface area contributed by atoms with Gasteiger partial charge >= 0.3 is 0 Å². The number of hydrogen-bond donors (Lipinski definition) is 1. The van der Waals surface area contributed by atoms with E-state index in [9.17, 15) is 0 Å². The maximum absolute atomic E-state index is 5.78. The number of piperazine rings is 1. The molecule has 0 unspecified atom stereocenters. The molecule has 0 spiro atoms. The number of quaternary nitrogens is 1. The maximum atomic E-state index is 5.78. The van der Waals surface area contributed by atoms with E-state index in [4.69, 9.17) is 19.7 Å². The van der Waals surface area contributed by atoms with Crippen molar-refractivity contribution in [2.24, 2.45) is 5.10 Å². The molecule has 2 aromatic carbocycles. The van der Waals surface area contributed by atoms with E-state index in [1.165, 1.54) is 0 Å². The SMILES string of the molecule is C[NH+]1CCN(/N=C\c2cn(-c3ccccc3)nc2-c2ccc3c(c2)OCCO3)CC1. The molecule has 154 valence electrons. The Morgan fingerprint density at radius 2 is 1.77 bits per heavy atom. The van der Waals surface area contributed by atoms with Crippen LogP contribution in [0.15, 0.2) is 59.8 Å². The second-order valence-corrected chi connectivity index (χ2v) is 7.73. The standard InChI is InChI=1S/C23H25N5O2/c1-26-9-11-27(12-10-26)24-16-19-17-28(20-5-3-2-4-6-20)25-23(19)18-7-8-21-22(15-18)30-14-13-29-21/h2-8,15-17H,9-14H2,1H3/p+1/b24-16-. The predicted molar refractivity (Wildman–Crippen MR) is 116 cm³/mol. The van der Waals surface area contributed by atoms with E-state index >= 15 is 0 Å². The molecule has 1 aromatic heterocycles. The highest BCUT2D eigenvalue weighted by molar-refractivity contribution is 5.89. The van der Waals surface area contributed by atoms with Crippen molar-refractivity contribution in [2.75, 3.05) is 46.4 Å². The first kappa shape index (κ1) is 18.7. The topological polar surface area (TPSA) is 56.3 Å². The van der Waals surface area contributed by atoms with Crippen LogP contribution in [0, 0.1) is 0 Å². The Kier molecular flexibility index (Phi) is 5.11. The van der Waals surface area contributed by atoms with Crippen LogP contribution in [0.2, 0.25) is 0 Å². The summed E-state index contributed by atoms with van der Waals surface area (Å²) < 4.78 is 13.4. The highest BCUT2D eigenvalue weighted by Gasteiger charge is 2.18. The van der Waals surface area contributed by atoms with E-state index in [2.05, 4.69) is 12.1 Å². The minimum Gasteiger partial charge on any atom is -0.486 e. The molecule has 3 aromatic rings. The van der Waals surface area contributed by atoms with Crippen LogP contribution in [0.5, 0.6) is 11.5 Å². The van der Waals surface area contributed by atoms with Crippen molar-refractivity contribution in [3.63, 3.8) is 0 Å². The molecule has 1 fully saturated rings. The summed E-state index contributed by atoms with van der Waals surface area (Å²) in [7, 11) is 2.23. The third-order valence-corrected chi connectivity index (χ3v) is 5.53. The molecule has 7 heteroatoms. The van der Waals surface area contributed by atoms with Crippen molar-refractivity contribution in [1.82, 2.24) is 14.8 Å². The Bertz CT molecular complexity index is 1040. The summed E-state index contributed by atoms with van der Waals surface area (Å²) in [5.74, 6) is 1.54. The van der Waals surface area contributed by atoms with Gasteiger partial charge in [-0.05, 0) is 30.3 Å². The second kappa shape index (κ2) is 8.20. The van der Waals surface area contributed by atoms with Crippen molar-refractivity contribution < 1.29 is 14.4 Å². The number of benzene rings is 2. The molecule has 1 saturated heterocycles. The molecule has 0 aliphatic carbocycles. The fourth-order valence-corrected chi connectivity index (χ4v) is 3.75. The van der Waals surface area contributed by atoms with Gasteiger partial charge in [0.25, 0.3) is 0 Å². The fourth-order valence-electron chi connectivity index (χ4n) is 3.75. The minimum absolute atomic E-state index is 0.564. The average molecular weight is 404 g/mol. The number of likely N-dealkylation sites (N-methyl/N-ethyl adjacent to an activating group) is 1. The number of hydrazone groups is 1. The second-order valence-electron chi connectivity index (χ2n) is 7.73. The van der Waals surface area contributed by atoms with Gasteiger partial charge in [0.15, 0.2) is 11.5 Å². The molecule has 1 N–H and O–H groups in total. The molecule has 2 aliphatic heterocycles. The lowest BCUT2D eigenvalue weighted by molar-refractivity contribution is -0.884. The van der Waals surface area contributed by atoms with Gasteiger partial charge in [0.1, 0.15) is 18.9 Å². The zero-order chi connectivity index (χ0) is 20.3. The lowest BCUT2D eigenvalue weighted by Gasteiger charge is -2.27. The summed E-state index contributed by atoms with van der Waals surface area (Å²) in [4.78, 5) is 1.55. The van der Waals surface area contributed by atoms with Gasteiger partial charge in [0.05, 0.1) is 45.1 Å². The monoisotopic (exact) mass is 404 g/mol. The first-order valence-corrected chi connectivity index (χ1v) is 10.4. The van der Waals surface area contributed by atoms with Crippen LogP contribution in [0.1, 0.15) is 5.56 Å². The predicted octanol–water partition coefficient (Wildman–Crippen LogP) is 1.47. The first-order valence-electron chi connectivity index (χ1n) is 10.4. The van der Waals surface area contributed by atoms with Gasteiger partial charge in [0, 0.05) is 17.3 Å². The van der Waals surface area contributed by atoms with Gasteiger partial charge < -0.3 is 14.4 Å². The van der Waals surface area contributed by atoms with E-state index in [0.29, 0.717) is 13.2 Å². The van der Waals surface area contributed by atoms with Crippen LogP contribution in [-0.4, -0.2) is 67.4 Å². The number of nitrogens with zero attached hydrogens (tertiary/aromatic N) is 4. The van der Waals surface area contributed by atoms with Crippen LogP contribution in [-0.2, 0) is 0 Å². The highest BCUT2D eigenvalue weighted by atomic mass is 16.6. The van der Waals surface area contributed by atoms with Gasteiger partial charge in [-0.2, -0.15) is 10.2 Å². The van der Waals surface area contributed by atoms with E-state index in [1.807, 2.05) is 65.6 Å². The number of para-hydroxylation sites is 1. The average Bonchev–Trinajstić information content (AvgIpc) is 3.23. The molecule has 0 bridgehead atoms. The smallest absolute Gasteiger partial charge is 0.162 e. The molecule has 0 saturated carbocycles. The van der Waals surface area contributed by atoms with E-state index < -0.39 is 0 Å². The number of rotatable bonds is 4. The van der Waals surface area contributed by atoms with Crippen LogP contribution in [0.3, 0.4) is 0 Å². The zero-order valence-electron chi connectivity index (χ0n) is 17.1. The zero-order valence-corrected chi connectivity index (χ0v) is 17.1. The molecular formula is C23H26N5O2+. The number of fused-ring (bicyclic) bond motifs is 1. The van der Waals surface area contributed by atoms with E-state index in [0.717, 1.165) is 60.2 Å². The van der Waals surface area contributed by atoms with Crippen molar-refractivity contribution in [3.8, 4) is 28.4 Å². The quantitative estimate of drug-likeness (QED) is 0.670. The Morgan fingerprint density at radius 3 is 2.57 bits per heavy atom. The van der Waals surface area contributed by atoms with Crippen molar-refractivity contribution in [2.45, 2.75) is 0 Å². The van der Waals surface area contributed by atoms with Crippen LogP contribution < -0.4 is 14.4 Å². The first-order chi connectivity index (χ1) is 14.8. The Labute approximate surface area is 176 Å². The number of ether oxygens (including phenoxy) is 2. The van der Waals surface area contributed by atoms with Gasteiger partial charge in [-0.1, -0.05) is 18.2 Å². The van der Waals surface area contributed by atoms with Gasteiger partial charge in [-0.15, -0.1) is 0 Å². The largest absolute Gasteiger partial charge is 0.486 e. The summed E-state index contributed by atoms with van der Waals surface area (Å²) in [6.45, 7) is 5.29. The lowest BCUT2D eigenvalue weighted by atomic mass is 10.1. The summed E-state index contributed by atoms with van der Waals surface area (Å²) in [5, 5.41) is 11.8. The van der Waals surface area contributed by atoms with Crippen molar-refractivity contribution in [3.05, 3.63) is 60.3 Å². The molecule has 0 atom stereocenters. The fraction of sp³-hybridized carbons (Fsp3) is 0.304. The maximum Gasteiger partial charge on any atom is 0.162 e. The molecule has 30 heavy (non-hydrogen) atoms. The number of nitrogens with one attached hydrogen (secondary N) is 1. The minimum atomic E-state index is 0.564. The summed E-state index contributed by atoms with van der Waals surface area (Å²) in [6, 6.07) is 16.1. The molecule has 7 nitrogen and oxygen atoms in total. The van der Waals surface area contributed by atoms with Crippen molar-refractivity contribution in [1.29, 1.82) is 0 Å². The summed E-state index contributed by atoms with van der Waals surface area (Å²) >= 11 is 0. The molecule has 2 aliphatic rings. The third kappa shape index (κ3) is 3.89. The molecule has 5 rings (SSSR count). The van der Waals surface area contributed by atoms with Crippen LogP contribution in [0.4, 0.5) is 0 Å². The Morgan fingerprint density at radius 1 is 1.00 bits per heavy atom. The Balaban J connectivity index is 1.51. The lowest BCUT2D eigenvalue weighted by Crippen LogP contribution is -3.11. The number of aromatic nitrogens is 2. The van der Waals surface area contributed by atoms with Crippen LogP contribution in [0.25, 0.3) is 16.9 Å². The van der Waals surface area contributed by atoms with Crippen LogP contribution >= 0.6 is 0 Å². The molecule has 0 radical (unpaired) electrons. The van der Waals surface area contributed by atoms with E-state index in [1.54, 1.807) is 4.90 Å².